The van der Waals surface area contributed by atoms with Crippen molar-refractivity contribution in [1.29, 1.82) is 0 Å². The highest BCUT2D eigenvalue weighted by Crippen LogP contribution is 2.19. The van der Waals surface area contributed by atoms with Crippen molar-refractivity contribution in [3.8, 4) is 0 Å². The third-order valence-corrected chi connectivity index (χ3v) is 3.89. The molecule has 0 aliphatic rings. The van der Waals surface area contributed by atoms with E-state index in [1.807, 2.05) is 54.6 Å². The first-order chi connectivity index (χ1) is 7.81. The van der Waals surface area contributed by atoms with E-state index < -0.39 is 7.80 Å². The van der Waals surface area contributed by atoms with Gasteiger partial charge in [0.1, 0.15) is 0 Å². The third kappa shape index (κ3) is 2.26. The molecule has 0 aromatic heterocycles. The van der Waals surface area contributed by atoms with Crippen molar-refractivity contribution in [3.05, 3.63) is 66.7 Å². The van der Waals surface area contributed by atoms with Crippen LogP contribution in [0.4, 0.5) is 0 Å². The van der Waals surface area contributed by atoms with Crippen molar-refractivity contribution < 1.29 is 4.57 Å². The molecule has 1 unspecified atom stereocenters. The second-order valence-corrected chi connectivity index (χ2v) is 5.05. The summed E-state index contributed by atoms with van der Waals surface area (Å²) >= 11 is 0. The van der Waals surface area contributed by atoms with Crippen molar-refractivity contribution >= 4 is 24.5 Å². The fourth-order valence-corrected chi connectivity index (χ4v) is 2.62. The van der Waals surface area contributed by atoms with Gasteiger partial charge in [-0.25, -0.2) is 0 Å². The quantitative estimate of drug-likeness (QED) is 0.736. The van der Waals surface area contributed by atoms with E-state index in [0.29, 0.717) is 0 Å². The maximum Gasteiger partial charge on any atom is 0.415 e. The lowest BCUT2D eigenvalue weighted by molar-refractivity contribution is 0.598. The Kier molecular flexibility index (Phi) is 3.28. The molecular weight excluding hydrogens is 215 g/mol. The van der Waals surface area contributed by atoms with Gasteiger partial charge in [0.25, 0.3) is 0 Å². The molecule has 0 N–H and O–H groups in total. The van der Waals surface area contributed by atoms with E-state index in [1.54, 1.807) is 6.08 Å². The average Bonchev–Trinajstić information content (AvgIpc) is 2.39. The maximum absolute atomic E-state index is 12.2. The van der Waals surface area contributed by atoms with Gasteiger partial charge in [-0.15, -0.1) is 0 Å². The summed E-state index contributed by atoms with van der Waals surface area (Å²) in [5, 5.41) is 1.72. The molecule has 2 aromatic rings. The highest BCUT2D eigenvalue weighted by Gasteiger charge is 2.22. The molecule has 0 saturated carbocycles. The summed E-state index contributed by atoms with van der Waals surface area (Å²) < 4.78 is 12.2. The molecule has 0 bridgehead atoms. The van der Waals surface area contributed by atoms with Crippen molar-refractivity contribution in [1.82, 2.24) is 0 Å². The molecule has 1 nitrogen and oxygen atoms in total. The fraction of sp³-hybridized carbons (Fsp3) is 0. The van der Waals surface area contributed by atoms with Gasteiger partial charge in [0.2, 0.25) is 0 Å². The Labute approximate surface area is 96.2 Å². The lowest BCUT2D eigenvalue weighted by atomic mass is 10.2. The number of hydrogen-bond donors (Lipinski definition) is 0. The molecule has 2 heteroatoms. The highest BCUT2D eigenvalue weighted by atomic mass is 31.1. The molecule has 0 saturated heterocycles. The van der Waals surface area contributed by atoms with Gasteiger partial charge in [0.15, 0.2) is 10.6 Å². The van der Waals surface area contributed by atoms with E-state index in [-0.39, 0.29) is 0 Å². The van der Waals surface area contributed by atoms with Crippen LogP contribution in [0.25, 0.3) is 6.08 Å². The first kappa shape index (κ1) is 10.8. The molecule has 2 aromatic carbocycles. The minimum atomic E-state index is -1.47. The summed E-state index contributed by atoms with van der Waals surface area (Å²) in [7, 11) is -1.47. The summed E-state index contributed by atoms with van der Waals surface area (Å²) in [6.07, 6.45) is 1.78. The van der Waals surface area contributed by atoms with Crippen LogP contribution in [0, 0.1) is 0 Å². The zero-order valence-corrected chi connectivity index (χ0v) is 9.73. The molecule has 0 radical (unpaired) electrons. The molecule has 0 spiro atoms. The van der Waals surface area contributed by atoms with Gasteiger partial charge in [-0.05, 0) is 29.8 Å². The van der Waals surface area contributed by atoms with Gasteiger partial charge in [0, 0.05) is 0 Å². The minimum Gasteiger partial charge on any atom is -0.0985 e. The van der Waals surface area contributed by atoms with Crippen LogP contribution < -0.4 is 10.6 Å². The highest BCUT2D eigenvalue weighted by molar-refractivity contribution is 7.61. The lowest BCUT2D eigenvalue weighted by Crippen LogP contribution is -2.05. The van der Waals surface area contributed by atoms with E-state index >= 15 is 0 Å². The number of rotatable bonds is 3. The Morgan fingerprint density at radius 3 is 2.00 bits per heavy atom. The van der Waals surface area contributed by atoms with E-state index in [9.17, 15) is 4.57 Å². The van der Waals surface area contributed by atoms with E-state index in [1.165, 1.54) is 0 Å². The Hall–Kier alpha value is -1.72. The second kappa shape index (κ2) is 4.87. The SMILES string of the molecule is C=Cc1ccc([P+](=O)c2ccccc2)cc1. The molecule has 78 valence electrons. The molecule has 0 aliphatic carbocycles. The van der Waals surface area contributed by atoms with Crippen molar-refractivity contribution in [2.45, 2.75) is 0 Å². The molecule has 2 rings (SSSR count). The van der Waals surface area contributed by atoms with Crippen LogP contribution in [0.3, 0.4) is 0 Å². The zero-order valence-electron chi connectivity index (χ0n) is 8.84. The lowest BCUT2D eigenvalue weighted by Gasteiger charge is -1.91. The first-order valence-electron chi connectivity index (χ1n) is 5.06. The smallest absolute Gasteiger partial charge is 0.0985 e. The van der Waals surface area contributed by atoms with E-state index in [4.69, 9.17) is 0 Å². The summed E-state index contributed by atoms with van der Waals surface area (Å²) in [5.74, 6) is 0. The first-order valence-corrected chi connectivity index (χ1v) is 6.32. The number of hydrogen-bond acceptors (Lipinski definition) is 1. The second-order valence-electron chi connectivity index (χ2n) is 3.43. The molecule has 0 amide bonds. The molecule has 0 aliphatic heterocycles. The maximum atomic E-state index is 12.2. The molecule has 0 heterocycles. The van der Waals surface area contributed by atoms with Crippen molar-refractivity contribution in [2.24, 2.45) is 0 Å². The fourth-order valence-electron chi connectivity index (χ4n) is 1.46. The van der Waals surface area contributed by atoms with E-state index in [2.05, 4.69) is 6.58 Å². The monoisotopic (exact) mass is 227 g/mol. The summed E-state index contributed by atoms with van der Waals surface area (Å²) in [6, 6.07) is 17.2. The topological polar surface area (TPSA) is 17.1 Å². The van der Waals surface area contributed by atoms with Crippen molar-refractivity contribution in [2.75, 3.05) is 0 Å². The minimum absolute atomic E-state index is 0.854. The average molecular weight is 227 g/mol. The molecule has 0 fully saturated rings. The van der Waals surface area contributed by atoms with Crippen molar-refractivity contribution in [3.63, 3.8) is 0 Å². The van der Waals surface area contributed by atoms with E-state index in [0.717, 1.165) is 16.2 Å². The Morgan fingerprint density at radius 2 is 1.44 bits per heavy atom. The van der Waals surface area contributed by atoms with Gasteiger partial charge < -0.3 is 0 Å². The largest absolute Gasteiger partial charge is 0.415 e. The summed E-state index contributed by atoms with van der Waals surface area (Å²) in [5.41, 5.74) is 1.04. The van der Waals surface area contributed by atoms with Gasteiger partial charge in [-0.3, -0.25) is 0 Å². The van der Waals surface area contributed by atoms with Gasteiger partial charge in [-0.2, -0.15) is 0 Å². The molecule has 16 heavy (non-hydrogen) atoms. The van der Waals surface area contributed by atoms with Crippen LogP contribution in [0.2, 0.25) is 0 Å². The van der Waals surface area contributed by atoms with Gasteiger partial charge in [0.05, 0.1) is 0 Å². The Balaban J connectivity index is 2.31. The van der Waals surface area contributed by atoms with Crippen LogP contribution >= 0.6 is 7.80 Å². The summed E-state index contributed by atoms with van der Waals surface area (Å²) in [6.45, 7) is 3.69. The predicted octanol–water partition coefficient (Wildman–Crippen LogP) is 3.11. The number of benzene rings is 2. The van der Waals surface area contributed by atoms with Crippen LogP contribution in [-0.4, -0.2) is 0 Å². The van der Waals surface area contributed by atoms with Crippen LogP contribution in [0.15, 0.2) is 61.2 Å². The summed E-state index contributed by atoms with van der Waals surface area (Å²) in [4.78, 5) is 0. The normalized spacial score (nSPS) is 10.9. The third-order valence-electron chi connectivity index (χ3n) is 2.35. The van der Waals surface area contributed by atoms with Crippen LogP contribution in [0.1, 0.15) is 5.56 Å². The predicted molar refractivity (Wildman–Crippen MR) is 69.8 cm³/mol. The Morgan fingerprint density at radius 1 is 0.875 bits per heavy atom. The zero-order chi connectivity index (χ0) is 11.4. The van der Waals surface area contributed by atoms with Gasteiger partial charge in [-0.1, -0.05) is 47.6 Å². The standard InChI is InChI=1S/C14H12OP/c1-2-12-8-10-14(11-9-12)16(15)13-6-4-3-5-7-13/h2-11H,1H2/q+1. The van der Waals surface area contributed by atoms with Crippen LogP contribution in [-0.2, 0) is 4.57 Å². The van der Waals surface area contributed by atoms with Gasteiger partial charge >= 0.3 is 7.80 Å². The van der Waals surface area contributed by atoms with Crippen LogP contribution in [0.5, 0.6) is 0 Å². The molecule has 1 atom stereocenters. The Bertz CT molecular complexity index is 500. The molecular formula is C14H12OP+.